The van der Waals surface area contributed by atoms with E-state index in [0.717, 1.165) is 29.7 Å². The predicted octanol–water partition coefficient (Wildman–Crippen LogP) is 3.05. The van der Waals surface area contributed by atoms with E-state index in [1.165, 1.54) is 0 Å². The first-order valence-electron chi connectivity index (χ1n) is 6.20. The monoisotopic (exact) mass is 242 g/mol. The Bertz CT molecular complexity index is 536. The van der Waals surface area contributed by atoms with Gasteiger partial charge in [-0.2, -0.15) is 4.98 Å². The van der Waals surface area contributed by atoms with Crippen molar-refractivity contribution in [1.82, 2.24) is 9.97 Å². The maximum atomic E-state index is 4.49. The van der Waals surface area contributed by atoms with Crippen LogP contribution in [0.3, 0.4) is 0 Å². The van der Waals surface area contributed by atoms with Gasteiger partial charge in [-0.1, -0.05) is 25.1 Å². The minimum absolute atomic E-state index is 0.632. The molecule has 1 heterocycles. The van der Waals surface area contributed by atoms with E-state index < -0.39 is 0 Å². The summed E-state index contributed by atoms with van der Waals surface area (Å²) in [6, 6.07) is 8.01. The molecule has 0 aliphatic carbocycles. The summed E-state index contributed by atoms with van der Waals surface area (Å²) in [6.07, 6.45) is 2.85. The standard InChI is InChI=1S/C14H18N4/c1-3-9-15-13-11-7-5-6-8-12(11)17-14(18-13)16-10-4-2/h4-8H,2-3,9-10H2,1H3,(H2,15,16,17,18). The molecule has 0 unspecified atom stereocenters. The highest BCUT2D eigenvalue weighted by molar-refractivity contribution is 5.89. The van der Waals surface area contributed by atoms with Crippen LogP contribution in [0.4, 0.5) is 11.8 Å². The van der Waals surface area contributed by atoms with E-state index in [4.69, 9.17) is 0 Å². The molecule has 0 aliphatic heterocycles. The van der Waals surface area contributed by atoms with Crippen molar-refractivity contribution in [2.75, 3.05) is 23.7 Å². The summed E-state index contributed by atoms with van der Waals surface area (Å²) in [6.45, 7) is 7.37. The highest BCUT2D eigenvalue weighted by Gasteiger charge is 2.05. The minimum atomic E-state index is 0.632. The molecule has 0 spiro atoms. The topological polar surface area (TPSA) is 49.8 Å². The lowest BCUT2D eigenvalue weighted by Crippen LogP contribution is -2.08. The van der Waals surface area contributed by atoms with Crippen LogP contribution >= 0.6 is 0 Å². The zero-order valence-corrected chi connectivity index (χ0v) is 10.6. The molecule has 0 fully saturated rings. The van der Waals surface area contributed by atoms with Gasteiger partial charge in [0.2, 0.25) is 5.95 Å². The average molecular weight is 242 g/mol. The Morgan fingerprint density at radius 3 is 2.83 bits per heavy atom. The molecule has 18 heavy (non-hydrogen) atoms. The number of para-hydroxylation sites is 1. The van der Waals surface area contributed by atoms with Gasteiger partial charge in [-0.15, -0.1) is 6.58 Å². The number of nitrogens with one attached hydrogen (secondary N) is 2. The summed E-state index contributed by atoms with van der Waals surface area (Å²) in [5.41, 5.74) is 0.942. The summed E-state index contributed by atoms with van der Waals surface area (Å²) >= 11 is 0. The zero-order valence-electron chi connectivity index (χ0n) is 10.6. The predicted molar refractivity (Wildman–Crippen MR) is 77.0 cm³/mol. The average Bonchev–Trinajstić information content (AvgIpc) is 2.42. The van der Waals surface area contributed by atoms with E-state index in [0.29, 0.717) is 12.5 Å². The van der Waals surface area contributed by atoms with Crippen LogP contribution in [0.1, 0.15) is 13.3 Å². The van der Waals surface area contributed by atoms with Gasteiger partial charge >= 0.3 is 0 Å². The van der Waals surface area contributed by atoms with E-state index in [1.54, 1.807) is 6.08 Å². The van der Waals surface area contributed by atoms with Crippen molar-refractivity contribution >= 4 is 22.7 Å². The summed E-state index contributed by atoms with van der Waals surface area (Å²) in [5, 5.41) is 7.51. The summed E-state index contributed by atoms with van der Waals surface area (Å²) in [7, 11) is 0. The minimum Gasteiger partial charge on any atom is -0.369 e. The number of rotatable bonds is 6. The highest BCUT2D eigenvalue weighted by Crippen LogP contribution is 2.21. The first-order chi connectivity index (χ1) is 8.85. The van der Waals surface area contributed by atoms with E-state index in [-0.39, 0.29) is 0 Å². The number of nitrogens with zero attached hydrogens (tertiary/aromatic N) is 2. The maximum Gasteiger partial charge on any atom is 0.225 e. The third-order valence-electron chi connectivity index (χ3n) is 2.55. The number of anilines is 2. The zero-order chi connectivity index (χ0) is 12.8. The Kier molecular flexibility index (Phi) is 4.12. The Balaban J connectivity index is 2.39. The third kappa shape index (κ3) is 2.77. The van der Waals surface area contributed by atoms with Crippen LogP contribution in [0, 0.1) is 0 Å². The normalized spacial score (nSPS) is 10.3. The Labute approximate surface area is 107 Å². The van der Waals surface area contributed by atoms with Gasteiger partial charge < -0.3 is 10.6 Å². The molecule has 0 radical (unpaired) electrons. The van der Waals surface area contributed by atoms with Gasteiger partial charge in [0.15, 0.2) is 0 Å². The van der Waals surface area contributed by atoms with Gasteiger partial charge in [-0.25, -0.2) is 4.98 Å². The second kappa shape index (κ2) is 6.00. The first-order valence-corrected chi connectivity index (χ1v) is 6.20. The fraction of sp³-hybridized carbons (Fsp3) is 0.286. The van der Waals surface area contributed by atoms with E-state index >= 15 is 0 Å². The van der Waals surface area contributed by atoms with Crippen LogP contribution < -0.4 is 10.6 Å². The fourth-order valence-corrected chi connectivity index (χ4v) is 1.70. The smallest absolute Gasteiger partial charge is 0.225 e. The van der Waals surface area contributed by atoms with Crippen molar-refractivity contribution in [2.45, 2.75) is 13.3 Å². The van der Waals surface area contributed by atoms with Gasteiger partial charge in [-0.3, -0.25) is 0 Å². The molecular formula is C14H18N4. The SMILES string of the molecule is C=CCNc1nc(NCCC)c2ccccc2n1. The lowest BCUT2D eigenvalue weighted by Gasteiger charge is -2.10. The van der Waals surface area contributed by atoms with Crippen LogP contribution in [0.5, 0.6) is 0 Å². The molecule has 1 aromatic heterocycles. The van der Waals surface area contributed by atoms with Crippen molar-refractivity contribution < 1.29 is 0 Å². The Morgan fingerprint density at radius 2 is 2.06 bits per heavy atom. The quantitative estimate of drug-likeness (QED) is 0.764. The van der Waals surface area contributed by atoms with Gasteiger partial charge in [0.1, 0.15) is 5.82 Å². The van der Waals surface area contributed by atoms with Crippen molar-refractivity contribution in [3.63, 3.8) is 0 Å². The Hall–Kier alpha value is -2.10. The molecule has 2 N–H and O–H groups in total. The molecule has 0 atom stereocenters. The Morgan fingerprint density at radius 1 is 1.22 bits per heavy atom. The molecule has 0 saturated heterocycles. The highest BCUT2D eigenvalue weighted by atomic mass is 15.1. The number of benzene rings is 1. The molecule has 0 amide bonds. The van der Waals surface area contributed by atoms with Gasteiger partial charge in [0.05, 0.1) is 5.52 Å². The fourth-order valence-electron chi connectivity index (χ4n) is 1.70. The van der Waals surface area contributed by atoms with Crippen LogP contribution in [-0.2, 0) is 0 Å². The largest absolute Gasteiger partial charge is 0.369 e. The van der Waals surface area contributed by atoms with Crippen molar-refractivity contribution in [1.29, 1.82) is 0 Å². The van der Waals surface area contributed by atoms with Gasteiger partial charge in [0.25, 0.3) is 0 Å². The number of fused-ring (bicyclic) bond motifs is 1. The molecule has 1 aromatic carbocycles. The molecule has 0 aliphatic rings. The molecule has 4 heteroatoms. The van der Waals surface area contributed by atoms with Crippen LogP contribution in [0.15, 0.2) is 36.9 Å². The molecule has 0 saturated carbocycles. The number of hydrogen-bond acceptors (Lipinski definition) is 4. The molecule has 4 nitrogen and oxygen atoms in total. The summed E-state index contributed by atoms with van der Waals surface area (Å²) in [5.74, 6) is 1.52. The molecule has 0 bridgehead atoms. The van der Waals surface area contributed by atoms with E-state index in [1.807, 2.05) is 24.3 Å². The molecule has 2 aromatic rings. The van der Waals surface area contributed by atoms with Crippen molar-refractivity contribution in [2.24, 2.45) is 0 Å². The lowest BCUT2D eigenvalue weighted by molar-refractivity contribution is 0.969. The molecular weight excluding hydrogens is 224 g/mol. The van der Waals surface area contributed by atoms with Crippen LogP contribution in [-0.4, -0.2) is 23.1 Å². The summed E-state index contributed by atoms with van der Waals surface area (Å²) in [4.78, 5) is 8.97. The van der Waals surface area contributed by atoms with Crippen molar-refractivity contribution in [3.05, 3.63) is 36.9 Å². The van der Waals surface area contributed by atoms with Crippen LogP contribution in [0.25, 0.3) is 10.9 Å². The van der Waals surface area contributed by atoms with Gasteiger partial charge in [0, 0.05) is 18.5 Å². The summed E-state index contributed by atoms with van der Waals surface area (Å²) < 4.78 is 0. The lowest BCUT2D eigenvalue weighted by atomic mass is 10.2. The number of hydrogen-bond donors (Lipinski definition) is 2. The first kappa shape index (κ1) is 12.4. The number of aromatic nitrogens is 2. The second-order valence-corrected chi connectivity index (χ2v) is 4.01. The second-order valence-electron chi connectivity index (χ2n) is 4.01. The van der Waals surface area contributed by atoms with Crippen molar-refractivity contribution in [3.8, 4) is 0 Å². The van der Waals surface area contributed by atoms with Crippen LogP contribution in [0.2, 0.25) is 0 Å². The third-order valence-corrected chi connectivity index (χ3v) is 2.55. The van der Waals surface area contributed by atoms with Gasteiger partial charge in [-0.05, 0) is 18.6 Å². The molecule has 2 rings (SSSR count). The molecule has 94 valence electrons. The maximum absolute atomic E-state index is 4.49. The van der Waals surface area contributed by atoms with E-state index in [9.17, 15) is 0 Å². The van der Waals surface area contributed by atoms with E-state index in [2.05, 4.69) is 34.1 Å².